The van der Waals surface area contributed by atoms with Gasteiger partial charge in [0.2, 0.25) is 0 Å². The van der Waals surface area contributed by atoms with Gasteiger partial charge in [0, 0.05) is 11.8 Å². The Labute approximate surface area is 162 Å². The predicted molar refractivity (Wildman–Crippen MR) is 97.9 cm³/mol. The fourth-order valence-corrected chi connectivity index (χ4v) is 4.59. The molecule has 4 atom stereocenters. The molecule has 1 aliphatic heterocycles. The molecule has 1 heterocycles. The molecule has 2 unspecified atom stereocenters. The van der Waals surface area contributed by atoms with Crippen molar-refractivity contribution in [2.45, 2.75) is 5.92 Å². The Balaban J connectivity index is 2.32. The molecule has 26 heavy (non-hydrogen) atoms. The lowest BCUT2D eigenvalue weighted by molar-refractivity contribution is -0.878. The normalized spacial score (nSPS) is 29.5. The average Bonchev–Trinajstić information content (AvgIpc) is 2.64. The van der Waals surface area contributed by atoms with E-state index in [1.165, 1.54) is 4.90 Å². The van der Waals surface area contributed by atoms with Gasteiger partial charge in [-0.1, -0.05) is 35.3 Å². The third-order valence-corrected chi connectivity index (χ3v) is 6.23. The smallest absolute Gasteiger partial charge is 0.190 e. The van der Waals surface area contributed by atoms with Gasteiger partial charge in [-0.3, -0.25) is 0 Å². The van der Waals surface area contributed by atoms with Crippen LogP contribution in [-0.4, -0.2) is 25.8 Å². The lowest BCUT2D eigenvalue weighted by Crippen LogP contribution is -3.10. The van der Waals surface area contributed by atoms with Crippen molar-refractivity contribution in [3.05, 3.63) is 45.5 Å². The van der Waals surface area contributed by atoms with Crippen LogP contribution in [0.15, 0.2) is 29.8 Å². The standard InChI is InChI=1S/C19H15Cl2N5/c1-26-6-5-11-13(7-22)18(25)19(9-23,10-24)16(14(11)8-26)12-3-2-4-15(20)17(12)21/h2-5,13-14,16,25H,6,8H2,1H3/p+1/t13?,14-,16+/m1/s1. The summed E-state index contributed by atoms with van der Waals surface area (Å²) in [5.74, 6) is -1.75. The third kappa shape index (κ3) is 2.51. The number of halogens is 2. The largest absolute Gasteiger partial charge is 0.334 e. The van der Waals surface area contributed by atoms with Gasteiger partial charge in [0.25, 0.3) is 0 Å². The van der Waals surface area contributed by atoms with Crippen LogP contribution in [0.2, 0.25) is 10.0 Å². The Morgan fingerprint density at radius 1 is 1.23 bits per heavy atom. The van der Waals surface area contributed by atoms with Crippen LogP contribution in [0.4, 0.5) is 0 Å². The van der Waals surface area contributed by atoms with E-state index >= 15 is 0 Å². The highest BCUT2D eigenvalue weighted by Crippen LogP contribution is 2.54. The highest BCUT2D eigenvalue weighted by Gasteiger charge is 2.58. The van der Waals surface area contributed by atoms with E-state index in [9.17, 15) is 15.8 Å². The molecule has 1 fully saturated rings. The average molecular weight is 385 g/mol. The minimum Gasteiger partial charge on any atom is -0.334 e. The Bertz CT molecular complexity index is 917. The summed E-state index contributed by atoms with van der Waals surface area (Å²) in [5, 5.41) is 38.7. The number of nitriles is 3. The highest BCUT2D eigenvalue weighted by molar-refractivity contribution is 6.42. The maximum atomic E-state index is 9.95. The molecule has 1 aliphatic carbocycles. The van der Waals surface area contributed by atoms with Gasteiger partial charge in [0.15, 0.2) is 5.41 Å². The molecule has 1 aromatic rings. The summed E-state index contributed by atoms with van der Waals surface area (Å²) >= 11 is 12.6. The van der Waals surface area contributed by atoms with Crippen molar-refractivity contribution in [1.29, 1.82) is 21.2 Å². The molecule has 0 radical (unpaired) electrons. The number of nitrogens with one attached hydrogen (secondary N) is 2. The second-order valence-electron chi connectivity index (χ2n) is 6.80. The molecule has 3 rings (SSSR count). The second kappa shape index (κ2) is 6.75. The number of hydrogen-bond donors (Lipinski definition) is 2. The number of rotatable bonds is 1. The van der Waals surface area contributed by atoms with Gasteiger partial charge in [0.05, 0.1) is 54.1 Å². The van der Waals surface area contributed by atoms with Crippen molar-refractivity contribution in [2.24, 2.45) is 17.3 Å². The van der Waals surface area contributed by atoms with Crippen molar-refractivity contribution in [2.75, 3.05) is 20.1 Å². The summed E-state index contributed by atoms with van der Waals surface area (Å²) < 4.78 is 0. The van der Waals surface area contributed by atoms with Gasteiger partial charge in [-0.2, -0.15) is 15.8 Å². The zero-order valence-electron chi connectivity index (χ0n) is 14.1. The number of benzene rings is 1. The van der Waals surface area contributed by atoms with Crippen molar-refractivity contribution in [3.8, 4) is 18.2 Å². The van der Waals surface area contributed by atoms with Crippen molar-refractivity contribution in [3.63, 3.8) is 0 Å². The van der Waals surface area contributed by atoms with Gasteiger partial charge in [-0.25, -0.2) is 0 Å². The first-order valence-corrected chi connectivity index (χ1v) is 8.93. The maximum absolute atomic E-state index is 9.95. The number of nitrogens with zero attached hydrogens (tertiary/aromatic N) is 3. The van der Waals surface area contributed by atoms with E-state index in [1.807, 2.05) is 25.3 Å². The van der Waals surface area contributed by atoms with Crippen LogP contribution in [0.1, 0.15) is 11.5 Å². The zero-order valence-corrected chi connectivity index (χ0v) is 15.6. The van der Waals surface area contributed by atoms with Gasteiger partial charge in [-0.05, 0) is 23.3 Å². The fraction of sp³-hybridized carbons (Fsp3) is 0.368. The van der Waals surface area contributed by atoms with Crippen molar-refractivity contribution in [1.82, 2.24) is 0 Å². The Morgan fingerprint density at radius 3 is 2.54 bits per heavy atom. The van der Waals surface area contributed by atoms with Crippen LogP contribution in [0.5, 0.6) is 0 Å². The quantitative estimate of drug-likeness (QED) is 0.726. The summed E-state index contributed by atoms with van der Waals surface area (Å²) in [5.41, 5.74) is -0.540. The van der Waals surface area contributed by atoms with Gasteiger partial charge < -0.3 is 10.3 Å². The number of likely N-dealkylation sites (N-methyl/N-ethyl adjacent to an activating group) is 1. The van der Waals surface area contributed by atoms with E-state index in [0.29, 0.717) is 22.2 Å². The minimum atomic E-state index is -1.76. The minimum absolute atomic E-state index is 0.173. The molecule has 130 valence electrons. The van der Waals surface area contributed by atoms with E-state index in [-0.39, 0.29) is 11.6 Å². The monoisotopic (exact) mass is 384 g/mol. The molecule has 0 spiro atoms. The summed E-state index contributed by atoms with van der Waals surface area (Å²) in [6, 6.07) is 11.4. The first kappa shape index (κ1) is 18.4. The molecule has 2 N–H and O–H groups in total. The van der Waals surface area contributed by atoms with E-state index in [2.05, 4.69) is 6.07 Å². The lowest BCUT2D eigenvalue weighted by atomic mass is 9.54. The van der Waals surface area contributed by atoms with Crippen LogP contribution in [-0.2, 0) is 0 Å². The molecule has 7 heteroatoms. The highest BCUT2D eigenvalue weighted by atomic mass is 35.5. The molecule has 0 saturated heterocycles. The topological polar surface area (TPSA) is 99.7 Å². The Morgan fingerprint density at radius 2 is 1.92 bits per heavy atom. The van der Waals surface area contributed by atoms with Gasteiger partial charge in [0.1, 0.15) is 5.92 Å². The van der Waals surface area contributed by atoms with Gasteiger partial charge in [-0.15, -0.1) is 0 Å². The molecule has 0 amide bonds. The summed E-state index contributed by atoms with van der Waals surface area (Å²) in [4.78, 5) is 1.21. The summed E-state index contributed by atoms with van der Waals surface area (Å²) in [7, 11) is 2.02. The van der Waals surface area contributed by atoms with Crippen LogP contribution in [0, 0.1) is 56.7 Å². The molecule has 0 bridgehead atoms. The lowest BCUT2D eigenvalue weighted by Gasteiger charge is -2.46. The second-order valence-corrected chi connectivity index (χ2v) is 7.59. The molecular weight excluding hydrogens is 369 g/mol. The summed E-state index contributed by atoms with van der Waals surface area (Å²) in [6.07, 6.45) is 1.97. The van der Waals surface area contributed by atoms with E-state index < -0.39 is 17.3 Å². The first-order chi connectivity index (χ1) is 12.4. The molecule has 1 aromatic carbocycles. The first-order valence-electron chi connectivity index (χ1n) is 8.17. The number of quaternary nitrogens is 1. The molecule has 0 aromatic heterocycles. The third-order valence-electron chi connectivity index (χ3n) is 5.40. The van der Waals surface area contributed by atoms with Crippen molar-refractivity contribution < 1.29 is 4.90 Å². The van der Waals surface area contributed by atoms with Crippen LogP contribution in [0.25, 0.3) is 0 Å². The SMILES string of the molecule is C[NH+]1CC=C2C(C#N)C(=N)C(C#N)(C#N)[C@@H](c3cccc(Cl)c3Cl)[C@@H]2C1. The van der Waals surface area contributed by atoms with Crippen LogP contribution in [0.3, 0.4) is 0 Å². The fourth-order valence-electron chi connectivity index (χ4n) is 4.16. The van der Waals surface area contributed by atoms with E-state index in [4.69, 9.17) is 28.6 Å². The van der Waals surface area contributed by atoms with Crippen LogP contribution < -0.4 is 4.90 Å². The molecule has 2 aliphatic rings. The number of hydrogen-bond acceptors (Lipinski definition) is 4. The summed E-state index contributed by atoms with van der Waals surface area (Å²) in [6.45, 7) is 1.38. The molecule has 1 saturated carbocycles. The Kier molecular flexibility index (Phi) is 4.78. The molecular formula is C19H16Cl2N5+. The van der Waals surface area contributed by atoms with Crippen molar-refractivity contribution >= 4 is 28.9 Å². The predicted octanol–water partition coefficient (Wildman–Crippen LogP) is 2.35. The zero-order chi connectivity index (χ0) is 19.1. The van der Waals surface area contributed by atoms with E-state index in [1.54, 1.807) is 18.2 Å². The Hall–Kier alpha value is -2.36. The molecule has 5 nitrogen and oxygen atoms in total. The number of fused-ring (bicyclic) bond motifs is 1. The van der Waals surface area contributed by atoms with Gasteiger partial charge >= 0.3 is 0 Å². The van der Waals surface area contributed by atoms with Crippen LogP contribution >= 0.6 is 23.2 Å². The van der Waals surface area contributed by atoms with E-state index in [0.717, 1.165) is 12.1 Å². The maximum Gasteiger partial charge on any atom is 0.190 e.